The van der Waals surface area contributed by atoms with Crippen LogP contribution in [0.3, 0.4) is 0 Å². The van der Waals surface area contributed by atoms with Crippen molar-refractivity contribution in [2.24, 2.45) is 0 Å². The van der Waals surface area contributed by atoms with E-state index in [0.29, 0.717) is 11.4 Å². The summed E-state index contributed by atoms with van der Waals surface area (Å²) < 4.78 is 11.4. The largest absolute Gasteiger partial charge is 0.480 e. The van der Waals surface area contributed by atoms with E-state index in [-0.39, 0.29) is 17.6 Å². The Balaban J connectivity index is 1.59. The Bertz CT molecular complexity index is 1090. The van der Waals surface area contributed by atoms with Gasteiger partial charge < -0.3 is 19.7 Å². The van der Waals surface area contributed by atoms with Gasteiger partial charge in [-0.3, -0.25) is 0 Å². The van der Waals surface area contributed by atoms with Gasteiger partial charge in [0, 0.05) is 18.8 Å². The second-order valence-electron chi connectivity index (χ2n) is 8.85. The molecule has 1 aliphatic carbocycles. The summed E-state index contributed by atoms with van der Waals surface area (Å²) in [7, 11) is 3.16. The van der Waals surface area contributed by atoms with Gasteiger partial charge in [-0.1, -0.05) is 79.9 Å². The number of hydrogen-bond donors (Lipinski definition) is 1. The molecule has 6 nitrogen and oxygen atoms in total. The third kappa shape index (κ3) is 6.01. The van der Waals surface area contributed by atoms with Gasteiger partial charge in [0.05, 0.1) is 7.11 Å². The van der Waals surface area contributed by atoms with E-state index >= 15 is 0 Å². The summed E-state index contributed by atoms with van der Waals surface area (Å²) in [6.45, 7) is 0. The molecule has 6 heteroatoms. The number of esters is 1. The number of amides is 2. The van der Waals surface area contributed by atoms with Crippen molar-refractivity contribution in [3.8, 4) is 5.75 Å². The van der Waals surface area contributed by atoms with Crippen molar-refractivity contribution in [1.82, 2.24) is 4.90 Å². The maximum atomic E-state index is 12.9. The third-order valence-electron chi connectivity index (χ3n) is 6.53. The maximum Gasteiger partial charge on any atom is 0.341 e. The Morgan fingerprint density at radius 3 is 2.06 bits per heavy atom. The molecule has 1 fully saturated rings. The standard InChI is InChI=1S/C29H32N2O4/c1-31(24-16-10-5-11-17-24)29(33)30-23-18-19-26(25(20-23)28(32)34-2)35-27(21-12-6-3-7-13-21)22-14-8-4-9-15-22/h3-4,6-9,12-15,18-20,24,27H,5,10-11,16-17H2,1-2H3,(H,30,33). The summed E-state index contributed by atoms with van der Waals surface area (Å²) in [6.07, 6.45) is 5.13. The number of nitrogens with one attached hydrogen (secondary N) is 1. The number of methoxy groups -OCH3 is 1. The molecule has 0 atom stereocenters. The van der Waals surface area contributed by atoms with Gasteiger partial charge >= 0.3 is 12.0 Å². The number of ether oxygens (including phenoxy) is 2. The Labute approximate surface area is 206 Å². The van der Waals surface area contributed by atoms with Crippen LogP contribution in [0.1, 0.15) is 59.7 Å². The van der Waals surface area contributed by atoms with Crippen LogP contribution in [0.15, 0.2) is 78.9 Å². The lowest BCUT2D eigenvalue weighted by atomic mass is 9.95. The molecule has 2 amide bonds. The van der Waals surface area contributed by atoms with Crippen molar-refractivity contribution in [2.45, 2.75) is 44.2 Å². The lowest BCUT2D eigenvalue weighted by Gasteiger charge is -2.31. The molecule has 0 radical (unpaired) electrons. The van der Waals surface area contributed by atoms with E-state index in [1.54, 1.807) is 23.1 Å². The molecule has 182 valence electrons. The summed E-state index contributed by atoms with van der Waals surface area (Å²) in [5.41, 5.74) is 2.69. The molecule has 1 N–H and O–H groups in total. The van der Waals surface area contributed by atoms with Crippen LogP contribution in [-0.2, 0) is 4.74 Å². The highest BCUT2D eigenvalue weighted by Gasteiger charge is 2.24. The number of carbonyl (C=O) groups excluding carboxylic acids is 2. The topological polar surface area (TPSA) is 67.9 Å². The quantitative estimate of drug-likeness (QED) is 0.402. The van der Waals surface area contributed by atoms with Crippen LogP contribution >= 0.6 is 0 Å². The summed E-state index contributed by atoms with van der Waals surface area (Å²) in [5, 5.41) is 2.93. The van der Waals surface area contributed by atoms with Gasteiger partial charge in [0.1, 0.15) is 17.4 Å². The fourth-order valence-corrected chi connectivity index (χ4v) is 4.54. The van der Waals surface area contributed by atoms with Crippen molar-refractivity contribution in [2.75, 3.05) is 19.5 Å². The molecule has 4 rings (SSSR count). The minimum Gasteiger partial charge on any atom is -0.480 e. The minimum absolute atomic E-state index is 0.187. The van der Waals surface area contributed by atoms with Gasteiger partial charge in [-0.2, -0.15) is 0 Å². The molecule has 0 spiro atoms. The Hall–Kier alpha value is -3.80. The first-order valence-corrected chi connectivity index (χ1v) is 12.1. The third-order valence-corrected chi connectivity index (χ3v) is 6.53. The van der Waals surface area contributed by atoms with Gasteiger partial charge in [0.25, 0.3) is 0 Å². The van der Waals surface area contributed by atoms with Crippen molar-refractivity contribution in [3.05, 3.63) is 95.6 Å². The number of hydrogen-bond acceptors (Lipinski definition) is 4. The lowest BCUT2D eigenvalue weighted by Crippen LogP contribution is -2.40. The van der Waals surface area contributed by atoms with E-state index in [1.807, 2.05) is 67.7 Å². The number of rotatable bonds is 7. The second kappa shape index (κ2) is 11.6. The molecule has 0 saturated heterocycles. The van der Waals surface area contributed by atoms with Crippen LogP contribution in [0, 0.1) is 0 Å². The molecule has 0 heterocycles. The van der Waals surface area contributed by atoms with E-state index < -0.39 is 12.1 Å². The van der Waals surface area contributed by atoms with Gasteiger partial charge in [-0.15, -0.1) is 0 Å². The Morgan fingerprint density at radius 1 is 0.886 bits per heavy atom. The van der Waals surface area contributed by atoms with Gasteiger partial charge in [-0.25, -0.2) is 9.59 Å². The molecular formula is C29H32N2O4. The van der Waals surface area contributed by atoms with E-state index in [2.05, 4.69) is 5.32 Å². The zero-order chi connectivity index (χ0) is 24.6. The number of carbonyl (C=O) groups is 2. The molecular weight excluding hydrogens is 440 g/mol. The number of urea groups is 1. The molecule has 1 saturated carbocycles. The zero-order valence-corrected chi connectivity index (χ0v) is 20.3. The van der Waals surface area contributed by atoms with Gasteiger partial charge in [0.2, 0.25) is 0 Å². The number of anilines is 1. The Morgan fingerprint density at radius 2 is 1.49 bits per heavy atom. The lowest BCUT2D eigenvalue weighted by molar-refractivity contribution is 0.0594. The Kier molecular flexibility index (Phi) is 8.03. The summed E-state index contributed by atoms with van der Waals surface area (Å²) in [4.78, 5) is 27.3. The fourth-order valence-electron chi connectivity index (χ4n) is 4.54. The van der Waals surface area contributed by atoms with Gasteiger partial charge in [0.15, 0.2) is 0 Å². The first-order chi connectivity index (χ1) is 17.1. The zero-order valence-electron chi connectivity index (χ0n) is 20.3. The van der Waals surface area contributed by atoms with Crippen LogP contribution in [0.2, 0.25) is 0 Å². The summed E-state index contributed by atoms with van der Waals surface area (Å²) in [5.74, 6) is -0.148. The molecule has 0 aromatic heterocycles. The van der Waals surface area contributed by atoms with Crippen LogP contribution in [-0.4, -0.2) is 37.1 Å². The number of benzene rings is 3. The average molecular weight is 473 g/mol. The predicted molar refractivity (Wildman–Crippen MR) is 137 cm³/mol. The normalized spacial score (nSPS) is 13.8. The monoisotopic (exact) mass is 472 g/mol. The molecule has 0 bridgehead atoms. The van der Waals surface area contributed by atoms with Crippen molar-refractivity contribution in [3.63, 3.8) is 0 Å². The van der Waals surface area contributed by atoms with E-state index in [4.69, 9.17) is 9.47 Å². The molecule has 3 aromatic rings. The molecule has 3 aromatic carbocycles. The number of nitrogens with zero attached hydrogens (tertiary/aromatic N) is 1. The highest BCUT2D eigenvalue weighted by atomic mass is 16.5. The summed E-state index contributed by atoms with van der Waals surface area (Å²) >= 11 is 0. The van der Waals surface area contributed by atoms with E-state index in [0.717, 1.165) is 36.8 Å². The molecule has 0 unspecified atom stereocenters. The molecule has 35 heavy (non-hydrogen) atoms. The van der Waals surface area contributed by atoms with Crippen LogP contribution in [0.25, 0.3) is 0 Å². The predicted octanol–water partition coefficient (Wildman–Crippen LogP) is 6.44. The fraction of sp³-hybridized carbons (Fsp3) is 0.310. The van der Waals surface area contributed by atoms with Crippen molar-refractivity contribution < 1.29 is 19.1 Å². The average Bonchev–Trinajstić information content (AvgIpc) is 2.92. The minimum atomic E-state index is -0.531. The van der Waals surface area contributed by atoms with Crippen LogP contribution in [0.5, 0.6) is 5.75 Å². The highest BCUT2D eigenvalue weighted by Crippen LogP contribution is 2.32. The van der Waals surface area contributed by atoms with Crippen molar-refractivity contribution in [1.29, 1.82) is 0 Å². The molecule has 1 aliphatic rings. The highest BCUT2D eigenvalue weighted by molar-refractivity contribution is 5.96. The van der Waals surface area contributed by atoms with Gasteiger partial charge in [-0.05, 0) is 42.2 Å². The second-order valence-corrected chi connectivity index (χ2v) is 8.85. The molecule has 0 aliphatic heterocycles. The van der Waals surface area contributed by atoms with Crippen molar-refractivity contribution >= 4 is 17.7 Å². The first kappa shape index (κ1) is 24.3. The van der Waals surface area contributed by atoms with Crippen LogP contribution < -0.4 is 10.1 Å². The summed E-state index contributed by atoms with van der Waals surface area (Å²) in [6, 6.07) is 24.8. The van der Waals surface area contributed by atoms with E-state index in [1.165, 1.54) is 13.5 Å². The maximum absolute atomic E-state index is 12.9. The van der Waals surface area contributed by atoms with Crippen LogP contribution in [0.4, 0.5) is 10.5 Å². The first-order valence-electron chi connectivity index (χ1n) is 12.1. The smallest absolute Gasteiger partial charge is 0.341 e. The SMILES string of the molecule is COC(=O)c1cc(NC(=O)N(C)C2CCCCC2)ccc1OC(c1ccccc1)c1ccccc1. The van der Waals surface area contributed by atoms with E-state index in [9.17, 15) is 9.59 Å².